The van der Waals surface area contributed by atoms with Gasteiger partial charge < -0.3 is 5.32 Å². The van der Waals surface area contributed by atoms with Gasteiger partial charge in [-0.15, -0.1) is 0 Å². The number of nitrogens with two attached hydrogens (primary N) is 1. The van der Waals surface area contributed by atoms with Crippen LogP contribution in [0.3, 0.4) is 0 Å². The highest BCUT2D eigenvalue weighted by molar-refractivity contribution is 7.89. The molecule has 0 aliphatic rings. The summed E-state index contributed by atoms with van der Waals surface area (Å²) in [6, 6.07) is 10.2. The van der Waals surface area contributed by atoms with E-state index in [-0.39, 0.29) is 17.3 Å². The molecule has 0 aliphatic carbocycles. The van der Waals surface area contributed by atoms with Gasteiger partial charge in [0.25, 0.3) is 0 Å². The maximum Gasteiger partial charge on any atom is 0.238 e. The van der Waals surface area contributed by atoms with Crippen LogP contribution >= 0.6 is 11.6 Å². The molecular weight excluding hydrogens is 303 g/mol. The first-order valence-electron chi connectivity index (χ1n) is 5.67. The van der Waals surface area contributed by atoms with E-state index in [0.717, 1.165) is 0 Å². The van der Waals surface area contributed by atoms with Crippen molar-refractivity contribution in [2.24, 2.45) is 5.14 Å². The van der Waals surface area contributed by atoms with Gasteiger partial charge in [-0.1, -0.05) is 17.7 Å². The number of sulfonamides is 1. The molecule has 0 bridgehead atoms. The van der Waals surface area contributed by atoms with Crippen LogP contribution in [0, 0.1) is 5.82 Å². The van der Waals surface area contributed by atoms with Crippen molar-refractivity contribution in [1.82, 2.24) is 0 Å². The Labute approximate surface area is 121 Å². The van der Waals surface area contributed by atoms with Gasteiger partial charge in [0.15, 0.2) is 0 Å². The second-order valence-corrected chi connectivity index (χ2v) is 6.16. The Morgan fingerprint density at radius 1 is 1.20 bits per heavy atom. The van der Waals surface area contributed by atoms with E-state index in [0.29, 0.717) is 16.3 Å². The monoisotopic (exact) mass is 314 g/mol. The molecule has 106 valence electrons. The number of nitrogens with one attached hydrogen (secondary N) is 1. The maximum atomic E-state index is 13.5. The van der Waals surface area contributed by atoms with Gasteiger partial charge in [-0.25, -0.2) is 17.9 Å². The van der Waals surface area contributed by atoms with Gasteiger partial charge in [-0.2, -0.15) is 0 Å². The van der Waals surface area contributed by atoms with Gasteiger partial charge in [0, 0.05) is 22.8 Å². The summed E-state index contributed by atoms with van der Waals surface area (Å²) in [5.74, 6) is -0.385. The third kappa shape index (κ3) is 3.69. The number of rotatable bonds is 4. The molecule has 0 heterocycles. The Morgan fingerprint density at radius 3 is 2.65 bits per heavy atom. The molecule has 0 saturated heterocycles. The molecule has 0 amide bonds. The Kier molecular flexibility index (Phi) is 4.27. The number of primary sulfonamides is 1. The fourth-order valence-corrected chi connectivity index (χ4v) is 2.41. The summed E-state index contributed by atoms with van der Waals surface area (Å²) >= 11 is 5.79. The van der Waals surface area contributed by atoms with Crippen molar-refractivity contribution in [3.8, 4) is 0 Å². The Balaban J connectivity index is 2.17. The zero-order chi connectivity index (χ0) is 14.8. The second-order valence-electron chi connectivity index (χ2n) is 4.16. The van der Waals surface area contributed by atoms with Gasteiger partial charge in [0.1, 0.15) is 5.82 Å². The largest absolute Gasteiger partial charge is 0.381 e. The van der Waals surface area contributed by atoms with Crippen LogP contribution in [-0.4, -0.2) is 8.42 Å². The molecule has 7 heteroatoms. The van der Waals surface area contributed by atoms with Crippen LogP contribution in [0.4, 0.5) is 10.1 Å². The van der Waals surface area contributed by atoms with E-state index in [2.05, 4.69) is 5.32 Å². The van der Waals surface area contributed by atoms with Crippen LogP contribution in [-0.2, 0) is 16.6 Å². The topological polar surface area (TPSA) is 72.2 Å². The van der Waals surface area contributed by atoms with Gasteiger partial charge in [-0.05, 0) is 36.4 Å². The molecule has 0 atom stereocenters. The molecular formula is C13H12ClFN2O2S. The molecule has 2 rings (SSSR count). The molecule has 2 aromatic carbocycles. The van der Waals surface area contributed by atoms with Crippen LogP contribution in [0.25, 0.3) is 0 Å². The van der Waals surface area contributed by atoms with E-state index in [4.69, 9.17) is 16.7 Å². The summed E-state index contributed by atoms with van der Waals surface area (Å²) in [4.78, 5) is -0.00549. The van der Waals surface area contributed by atoms with Crippen molar-refractivity contribution in [3.05, 3.63) is 58.9 Å². The highest BCUT2D eigenvalue weighted by atomic mass is 35.5. The molecule has 2 aromatic rings. The van der Waals surface area contributed by atoms with Gasteiger partial charge in [0.2, 0.25) is 10.0 Å². The van der Waals surface area contributed by atoms with Crippen LogP contribution in [0.2, 0.25) is 5.02 Å². The molecule has 4 nitrogen and oxygen atoms in total. The standard InChI is InChI=1S/C13H12ClFN2O2S/c14-10-4-5-13(15)9(6-10)8-17-11-2-1-3-12(7-11)20(16,18)19/h1-7,17H,8H2,(H2,16,18,19). The molecule has 3 N–H and O–H groups in total. The molecule has 0 saturated carbocycles. The lowest BCUT2D eigenvalue weighted by molar-refractivity contribution is 0.597. The maximum absolute atomic E-state index is 13.5. The average molecular weight is 315 g/mol. The number of hydrogen-bond acceptors (Lipinski definition) is 3. The van der Waals surface area contributed by atoms with Crippen LogP contribution in [0.5, 0.6) is 0 Å². The number of benzene rings is 2. The normalized spacial score (nSPS) is 11.3. The van der Waals surface area contributed by atoms with Gasteiger partial charge in [0.05, 0.1) is 4.90 Å². The van der Waals surface area contributed by atoms with E-state index in [9.17, 15) is 12.8 Å². The highest BCUT2D eigenvalue weighted by Gasteiger charge is 2.08. The van der Waals surface area contributed by atoms with Crippen LogP contribution < -0.4 is 10.5 Å². The lowest BCUT2D eigenvalue weighted by Crippen LogP contribution is -2.12. The summed E-state index contributed by atoms with van der Waals surface area (Å²) in [6.45, 7) is 0.181. The average Bonchev–Trinajstić information content (AvgIpc) is 2.39. The third-order valence-corrected chi connectivity index (χ3v) is 3.80. The van der Waals surface area contributed by atoms with Crippen molar-refractivity contribution in [1.29, 1.82) is 0 Å². The zero-order valence-corrected chi connectivity index (χ0v) is 11.9. The quantitative estimate of drug-likeness (QED) is 0.911. The predicted octanol–water partition coefficient (Wildman–Crippen LogP) is 2.74. The summed E-state index contributed by atoms with van der Waals surface area (Å²) in [5, 5.41) is 8.40. The number of hydrogen-bond donors (Lipinski definition) is 2. The van der Waals surface area contributed by atoms with Crippen LogP contribution in [0.1, 0.15) is 5.56 Å². The third-order valence-electron chi connectivity index (χ3n) is 2.65. The van der Waals surface area contributed by atoms with E-state index in [1.807, 2.05) is 0 Å². The first kappa shape index (κ1) is 14.8. The summed E-state index contributed by atoms with van der Waals surface area (Å²) in [5.41, 5.74) is 0.911. The molecule has 0 unspecified atom stereocenters. The highest BCUT2D eigenvalue weighted by Crippen LogP contribution is 2.18. The van der Waals surface area contributed by atoms with E-state index < -0.39 is 10.0 Å². The number of halogens is 2. The minimum Gasteiger partial charge on any atom is -0.381 e. The van der Waals surface area contributed by atoms with Crippen molar-refractivity contribution in [3.63, 3.8) is 0 Å². The summed E-state index contributed by atoms with van der Waals surface area (Å²) in [7, 11) is -3.76. The first-order valence-corrected chi connectivity index (χ1v) is 7.59. The molecule has 0 fully saturated rings. The Hall–Kier alpha value is -1.63. The Bertz CT molecular complexity index is 735. The van der Waals surface area contributed by atoms with E-state index in [1.165, 1.54) is 30.3 Å². The van der Waals surface area contributed by atoms with Crippen molar-refractivity contribution in [2.75, 3.05) is 5.32 Å². The molecule has 0 radical (unpaired) electrons. The smallest absolute Gasteiger partial charge is 0.238 e. The molecule has 0 aromatic heterocycles. The molecule has 0 spiro atoms. The minimum atomic E-state index is -3.76. The summed E-state index contributed by atoms with van der Waals surface area (Å²) < 4.78 is 36.0. The lowest BCUT2D eigenvalue weighted by atomic mass is 10.2. The fraction of sp³-hybridized carbons (Fsp3) is 0.0769. The van der Waals surface area contributed by atoms with Crippen molar-refractivity contribution < 1.29 is 12.8 Å². The van der Waals surface area contributed by atoms with Crippen molar-refractivity contribution >= 4 is 27.3 Å². The molecule has 20 heavy (non-hydrogen) atoms. The van der Waals surface area contributed by atoms with Crippen LogP contribution in [0.15, 0.2) is 47.4 Å². The van der Waals surface area contributed by atoms with Gasteiger partial charge in [-0.3, -0.25) is 0 Å². The SMILES string of the molecule is NS(=O)(=O)c1cccc(NCc2cc(Cl)ccc2F)c1. The Morgan fingerprint density at radius 2 is 1.95 bits per heavy atom. The fourth-order valence-electron chi connectivity index (χ4n) is 1.66. The lowest BCUT2D eigenvalue weighted by Gasteiger charge is -2.09. The first-order chi connectivity index (χ1) is 9.36. The van der Waals surface area contributed by atoms with E-state index >= 15 is 0 Å². The van der Waals surface area contributed by atoms with E-state index in [1.54, 1.807) is 12.1 Å². The summed E-state index contributed by atoms with van der Waals surface area (Å²) in [6.07, 6.45) is 0. The van der Waals surface area contributed by atoms with Gasteiger partial charge >= 0.3 is 0 Å². The van der Waals surface area contributed by atoms with Crippen molar-refractivity contribution in [2.45, 2.75) is 11.4 Å². The number of anilines is 1. The molecule has 0 aliphatic heterocycles. The second kappa shape index (κ2) is 5.78. The predicted molar refractivity (Wildman–Crippen MR) is 76.6 cm³/mol. The zero-order valence-electron chi connectivity index (χ0n) is 10.3. The minimum absolute atomic E-state index is 0.00549.